The van der Waals surface area contributed by atoms with E-state index in [0.717, 1.165) is 11.1 Å². The molecule has 3 aromatic rings. The van der Waals surface area contributed by atoms with Crippen LogP contribution in [0.2, 0.25) is 5.02 Å². The molecule has 3 rings (SSSR count). The van der Waals surface area contributed by atoms with Crippen LogP contribution in [0.3, 0.4) is 0 Å². The molecular weight excluding hydrogens is 380 g/mol. The van der Waals surface area contributed by atoms with Gasteiger partial charge < -0.3 is 19.5 Å². The number of carbonyl (C=O) groups excluding carboxylic acids is 1. The van der Waals surface area contributed by atoms with Crippen LogP contribution in [0.4, 0.5) is 10.5 Å². The molecule has 2 aromatic carbocycles. The van der Waals surface area contributed by atoms with E-state index >= 15 is 0 Å². The standard InChI is InChI=1S/C20H21ClN4O3/c1-13-4-6-14(7-5-13)19-23-18(24-28-19)10-11-25(2)20(26)22-16-12-15(21)8-9-17(16)27-3/h4-9,12H,10-11H2,1-3H3,(H,22,26). The lowest BCUT2D eigenvalue weighted by Gasteiger charge is -2.18. The van der Waals surface area contributed by atoms with E-state index in [4.69, 9.17) is 20.9 Å². The van der Waals surface area contributed by atoms with Crippen molar-refractivity contribution in [2.24, 2.45) is 0 Å². The fourth-order valence-electron chi connectivity index (χ4n) is 2.53. The van der Waals surface area contributed by atoms with Gasteiger partial charge >= 0.3 is 6.03 Å². The van der Waals surface area contributed by atoms with Crippen LogP contribution in [0.25, 0.3) is 11.5 Å². The summed E-state index contributed by atoms with van der Waals surface area (Å²) in [6.07, 6.45) is 0.464. The van der Waals surface area contributed by atoms with Crippen molar-refractivity contribution < 1.29 is 14.1 Å². The van der Waals surface area contributed by atoms with Gasteiger partial charge in [0.2, 0.25) is 0 Å². The Kier molecular flexibility index (Phi) is 6.16. The van der Waals surface area contributed by atoms with Crippen molar-refractivity contribution in [1.29, 1.82) is 0 Å². The lowest BCUT2D eigenvalue weighted by molar-refractivity contribution is 0.222. The van der Waals surface area contributed by atoms with Gasteiger partial charge in [-0.1, -0.05) is 34.5 Å². The zero-order valence-electron chi connectivity index (χ0n) is 15.9. The summed E-state index contributed by atoms with van der Waals surface area (Å²) in [5.74, 6) is 1.54. The first-order chi connectivity index (χ1) is 13.5. The first-order valence-electron chi connectivity index (χ1n) is 8.71. The SMILES string of the molecule is COc1ccc(Cl)cc1NC(=O)N(C)CCc1noc(-c2ccc(C)cc2)n1. The Morgan fingerprint density at radius 1 is 1.25 bits per heavy atom. The van der Waals surface area contributed by atoms with Crippen molar-refractivity contribution in [2.75, 3.05) is 26.0 Å². The van der Waals surface area contributed by atoms with Gasteiger partial charge in [-0.3, -0.25) is 0 Å². The van der Waals surface area contributed by atoms with E-state index < -0.39 is 0 Å². The molecule has 0 radical (unpaired) electrons. The van der Waals surface area contributed by atoms with Gasteiger partial charge in [0.15, 0.2) is 5.82 Å². The van der Waals surface area contributed by atoms with Gasteiger partial charge in [-0.15, -0.1) is 0 Å². The van der Waals surface area contributed by atoms with E-state index in [1.54, 1.807) is 25.2 Å². The number of urea groups is 1. The Balaban J connectivity index is 1.58. The van der Waals surface area contributed by atoms with Crippen LogP contribution in [-0.2, 0) is 6.42 Å². The van der Waals surface area contributed by atoms with Gasteiger partial charge in [0.25, 0.3) is 5.89 Å². The Bertz CT molecular complexity index is 956. The molecule has 1 aromatic heterocycles. The van der Waals surface area contributed by atoms with Crippen LogP contribution < -0.4 is 10.1 Å². The summed E-state index contributed by atoms with van der Waals surface area (Å²) in [6, 6.07) is 12.6. The van der Waals surface area contributed by atoms with Gasteiger partial charge in [0.05, 0.1) is 12.8 Å². The van der Waals surface area contributed by atoms with E-state index in [-0.39, 0.29) is 6.03 Å². The summed E-state index contributed by atoms with van der Waals surface area (Å²) in [7, 11) is 3.22. The van der Waals surface area contributed by atoms with Crippen molar-refractivity contribution in [3.05, 3.63) is 58.9 Å². The lowest BCUT2D eigenvalue weighted by atomic mass is 10.1. The third kappa shape index (κ3) is 4.80. The second-order valence-electron chi connectivity index (χ2n) is 6.33. The van der Waals surface area contributed by atoms with Gasteiger partial charge in [0, 0.05) is 30.6 Å². The predicted octanol–water partition coefficient (Wildman–Crippen LogP) is 4.41. The number of carbonyl (C=O) groups is 1. The van der Waals surface area contributed by atoms with Crippen molar-refractivity contribution in [1.82, 2.24) is 15.0 Å². The highest BCUT2D eigenvalue weighted by atomic mass is 35.5. The molecule has 0 aliphatic heterocycles. The highest BCUT2D eigenvalue weighted by Gasteiger charge is 2.14. The van der Waals surface area contributed by atoms with E-state index in [1.807, 2.05) is 31.2 Å². The van der Waals surface area contributed by atoms with Crippen LogP contribution >= 0.6 is 11.6 Å². The zero-order valence-corrected chi connectivity index (χ0v) is 16.7. The molecule has 0 saturated heterocycles. The molecule has 0 fully saturated rings. The maximum atomic E-state index is 12.4. The predicted molar refractivity (Wildman–Crippen MR) is 108 cm³/mol. The Labute approximate surface area is 168 Å². The summed E-state index contributed by atoms with van der Waals surface area (Å²) in [4.78, 5) is 18.3. The molecular formula is C20H21ClN4O3. The molecule has 1 heterocycles. The first-order valence-corrected chi connectivity index (χ1v) is 9.09. The minimum atomic E-state index is -0.289. The number of nitrogens with zero attached hydrogens (tertiary/aromatic N) is 3. The number of nitrogens with one attached hydrogen (secondary N) is 1. The number of hydrogen-bond acceptors (Lipinski definition) is 5. The Morgan fingerprint density at radius 2 is 2.00 bits per heavy atom. The molecule has 2 amide bonds. The second kappa shape index (κ2) is 8.75. The summed E-state index contributed by atoms with van der Waals surface area (Å²) in [5, 5.41) is 7.28. The number of rotatable bonds is 6. The summed E-state index contributed by atoms with van der Waals surface area (Å²) in [5.41, 5.74) is 2.53. The fourth-order valence-corrected chi connectivity index (χ4v) is 2.70. The van der Waals surface area contributed by atoms with Crippen molar-refractivity contribution in [3.63, 3.8) is 0 Å². The fraction of sp³-hybridized carbons (Fsp3) is 0.250. The number of anilines is 1. The molecule has 8 heteroatoms. The maximum Gasteiger partial charge on any atom is 0.321 e. The normalized spacial score (nSPS) is 10.6. The van der Waals surface area contributed by atoms with Crippen LogP contribution in [-0.4, -0.2) is 41.8 Å². The largest absolute Gasteiger partial charge is 0.495 e. The number of hydrogen-bond donors (Lipinski definition) is 1. The molecule has 0 saturated carbocycles. The molecule has 28 heavy (non-hydrogen) atoms. The highest BCUT2D eigenvalue weighted by Crippen LogP contribution is 2.27. The molecule has 0 aliphatic rings. The number of amides is 2. The van der Waals surface area contributed by atoms with Crippen LogP contribution in [0, 0.1) is 6.92 Å². The second-order valence-corrected chi connectivity index (χ2v) is 6.76. The highest BCUT2D eigenvalue weighted by molar-refractivity contribution is 6.31. The molecule has 0 spiro atoms. The lowest BCUT2D eigenvalue weighted by Crippen LogP contribution is -2.33. The molecule has 0 atom stereocenters. The number of methoxy groups -OCH3 is 1. The molecule has 0 aliphatic carbocycles. The smallest absolute Gasteiger partial charge is 0.321 e. The van der Waals surface area contributed by atoms with E-state index in [0.29, 0.717) is 41.1 Å². The molecule has 7 nitrogen and oxygen atoms in total. The number of ether oxygens (including phenoxy) is 1. The van der Waals surface area contributed by atoms with Crippen molar-refractivity contribution in [3.8, 4) is 17.2 Å². The first kappa shape index (κ1) is 19.7. The van der Waals surface area contributed by atoms with E-state index in [9.17, 15) is 4.79 Å². The average Bonchev–Trinajstić information content (AvgIpc) is 3.16. The number of aryl methyl sites for hydroxylation is 1. The number of benzene rings is 2. The summed E-state index contributed by atoms with van der Waals surface area (Å²) < 4.78 is 10.5. The van der Waals surface area contributed by atoms with Gasteiger partial charge in [0.1, 0.15) is 5.75 Å². The summed E-state index contributed by atoms with van der Waals surface area (Å²) in [6.45, 7) is 2.43. The monoisotopic (exact) mass is 400 g/mol. The van der Waals surface area contributed by atoms with Crippen molar-refractivity contribution >= 4 is 23.3 Å². The number of likely N-dealkylation sites (N-methyl/N-ethyl adjacent to an activating group) is 1. The van der Waals surface area contributed by atoms with Crippen molar-refractivity contribution in [2.45, 2.75) is 13.3 Å². The molecule has 0 bridgehead atoms. The van der Waals surface area contributed by atoms with Crippen LogP contribution in [0.1, 0.15) is 11.4 Å². The minimum absolute atomic E-state index is 0.289. The third-order valence-corrected chi connectivity index (χ3v) is 4.42. The van der Waals surface area contributed by atoms with Gasteiger partial charge in [-0.05, 0) is 37.3 Å². The average molecular weight is 401 g/mol. The van der Waals surface area contributed by atoms with Crippen LogP contribution in [0.15, 0.2) is 47.0 Å². The number of aromatic nitrogens is 2. The van der Waals surface area contributed by atoms with E-state index in [2.05, 4.69) is 15.5 Å². The topological polar surface area (TPSA) is 80.5 Å². The zero-order chi connectivity index (χ0) is 20.1. The number of halogens is 1. The van der Waals surface area contributed by atoms with Gasteiger partial charge in [-0.2, -0.15) is 4.98 Å². The summed E-state index contributed by atoms with van der Waals surface area (Å²) >= 11 is 5.99. The van der Waals surface area contributed by atoms with Gasteiger partial charge in [-0.25, -0.2) is 4.79 Å². The maximum absolute atomic E-state index is 12.4. The van der Waals surface area contributed by atoms with Crippen LogP contribution in [0.5, 0.6) is 5.75 Å². The minimum Gasteiger partial charge on any atom is -0.495 e. The Morgan fingerprint density at radius 3 is 2.71 bits per heavy atom. The molecule has 0 unspecified atom stereocenters. The molecule has 146 valence electrons. The quantitative estimate of drug-likeness (QED) is 0.662. The third-order valence-electron chi connectivity index (χ3n) is 4.19. The van der Waals surface area contributed by atoms with E-state index in [1.165, 1.54) is 12.0 Å². The Hall–Kier alpha value is -3.06. The molecule has 1 N–H and O–H groups in total.